The third-order valence-electron chi connectivity index (χ3n) is 1.87. The number of nitrogens with one attached hydrogen (secondary N) is 1. The van der Waals surface area contributed by atoms with Crippen molar-refractivity contribution in [2.24, 2.45) is 0 Å². The number of alkyl halides is 2. The highest BCUT2D eigenvalue weighted by atomic mass is 19.3. The zero-order chi connectivity index (χ0) is 10.1. The quantitative estimate of drug-likeness (QED) is 0.653. The van der Waals surface area contributed by atoms with Crippen LogP contribution in [0.15, 0.2) is 12.2 Å². The molecule has 0 aromatic rings. The van der Waals surface area contributed by atoms with Crippen LogP contribution in [0, 0.1) is 0 Å². The molecule has 0 spiro atoms. The summed E-state index contributed by atoms with van der Waals surface area (Å²) in [6.45, 7) is 3.93. The molecule has 0 aliphatic carbocycles. The molecule has 1 atom stereocenters. The first kappa shape index (κ1) is 10.1. The standard InChI is InChI=1S/C8H11F2NO2/c1-5(2)8(9,10)6-3-11-7(12)4-13-6/h6H,1,3-4H2,2H3,(H,11,12). The van der Waals surface area contributed by atoms with Gasteiger partial charge < -0.3 is 10.1 Å². The van der Waals surface area contributed by atoms with E-state index in [0.717, 1.165) is 0 Å². The summed E-state index contributed by atoms with van der Waals surface area (Å²) in [5, 5.41) is 2.31. The van der Waals surface area contributed by atoms with Gasteiger partial charge in [-0.15, -0.1) is 0 Å². The zero-order valence-corrected chi connectivity index (χ0v) is 7.27. The lowest BCUT2D eigenvalue weighted by Gasteiger charge is -2.30. The van der Waals surface area contributed by atoms with Gasteiger partial charge in [-0.1, -0.05) is 6.58 Å². The Morgan fingerprint density at radius 3 is 2.77 bits per heavy atom. The second-order valence-corrected chi connectivity index (χ2v) is 3.01. The topological polar surface area (TPSA) is 38.3 Å². The van der Waals surface area contributed by atoms with E-state index in [1.165, 1.54) is 6.92 Å². The maximum absolute atomic E-state index is 13.2. The number of amides is 1. The Hall–Kier alpha value is -0.970. The lowest BCUT2D eigenvalue weighted by atomic mass is 10.1. The van der Waals surface area contributed by atoms with Crippen LogP contribution in [0.3, 0.4) is 0 Å². The minimum absolute atomic E-state index is 0.168. The minimum Gasteiger partial charge on any atom is -0.360 e. The van der Waals surface area contributed by atoms with Gasteiger partial charge in [-0.05, 0) is 12.5 Å². The van der Waals surface area contributed by atoms with E-state index in [4.69, 9.17) is 4.74 Å². The van der Waals surface area contributed by atoms with E-state index in [-0.39, 0.29) is 24.6 Å². The first-order valence-electron chi connectivity index (χ1n) is 3.86. The van der Waals surface area contributed by atoms with E-state index in [1.54, 1.807) is 0 Å². The molecule has 13 heavy (non-hydrogen) atoms. The van der Waals surface area contributed by atoms with Gasteiger partial charge in [-0.2, -0.15) is 8.78 Å². The molecular weight excluding hydrogens is 180 g/mol. The van der Waals surface area contributed by atoms with Crippen molar-refractivity contribution in [1.29, 1.82) is 0 Å². The van der Waals surface area contributed by atoms with Gasteiger partial charge in [-0.25, -0.2) is 0 Å². The fourth-order valence-electron chi connectivity index (χ4n) is 1.00. The molecular formula is C8H11F2NO2. The van der Waals surface area contributed by atoms with Gasteiger partial charge >= 0.3 is 0 Å². The molecule has 1 aliphatic heterocycles. The molecule has 0 saturated carbocycles. The molecule has 0 radical (unpaired) electrons. The highest BCUT2D eigenvalue weighted by molar-refractivity contribution is 5.77. The highest BCUT2D eigenvalue weighted by Crippen LogP contribution is 2.29. The van der Waals surface area contributed by atoms with Crippen molar-refractivity contribution in [3.8, 4) is 0 Å². The summed E-state index contributed by atoms with van der Waals surface area (Å²) in [4.78, 5) is 10.6. The van der Waals surface area contributed by atoms with E-state index in [9.17, 15) is 13.6 Å². The van der Waals surface area contributed by atoms with Crippen molar-refractivity contribution in [3.05, 3.63) is 12.2 Å². The molecule has 1 N–H and O–H groups in total. The van der Waals surface area contributed by atoms with Crippen LogP contribution in [-0.2, 0) is 9.53 Å². The number of ether oxygens (including phenoxy) is 1. The summed E-state index contributed by atoms with van der Waals surface area (Å²) in [5.74, 6) is -3.44. The average molecular weight is 191 g/mol. The normalized spacial score (nSPS) is 23.9. The molecule has 74 valence electrons. The Balaban J connectivity index is 2.62. The smallest absolute Gasteiger partial charge is 0.296 e. The van der Waals surface area contributed by atoms with Crippen molar-refractivity contribution in [1.82, 2.24) is 5.32 Å². The Labute approximate surface area is 74.8 Å². The third-order valence-corrected chi connectivity index (χ3v) is 1.87. The lowest BCUT2D eigenvalue weighted by molar-refractivity contribution is -0.152. The van der Waals surface area contributed by atoms with Gasteiger partial charge in [-0.3, -0.25) is 4.79 Å². The lowest BCUT2D eigenvalue weighted by Crippen LogP contribution is -2.51. The number of halogens is 2. The number of rotatable bonds is 2. The maximum atomic E-state index is 13.2. The summed E-state index contributed by atoms with van der Waals surface area (Å²) in [6.07, 6.45) is -1.29. The average Bonchev–Trinajstić information content (AvgIpc) is 2.04. The first-order valence-corrected chi connectivity index (χ1v) is 3.86. The minimum atomic E-state index is -3.08. The van der Waals surface area contributed by atoms with Gasteiger partial charge in [0.2, 0.25) is 5.91 Å². The Bertz CT molecular complexity index is 230. The SMILES string of the molecule is C=C(C)C(F)(F)C1CNC(=O)CO1. The summed E-state index contributed by atoms with van der Waals surface area (Å²) >= 11 is 0. The number of hydrogen-bond acceptors (Lipinski definition) is 2. The number of hydrogen-bond donors (Lipinski definition) is 1. The van der Waals surface area contributed by atoms with Crippen LogP contribution in [0.4, 0.5) is 8.78 Å². The van der Waals surface area contributed by atoms with E-state index >= 15 is 0 Å². The molecule has 1 heterocycles. The van der Waals surface area contributed by atoms with Crippen molar-refractivity contribution in [3.63, 3.8) is 0 Å². The zero-order valence-electron chi connectivity index (χ0n) is 7.27. The molecule has 1 fully saturated rings. The van der Waals surface area contributed by atoms with Crippen LogP contribution in [-0.4, -0.2) is 31.1 Å². The molecule has 1 unspecified atom stereocenters. The van der Waals surface area contributed by atoms with Crippen LogP contribution < -0.4 is 5.32 Å². The summed E-state index contributed by atoms with van der Waals surface area (Å²) in [6, 6.07) is 0. The van der Waals surface area contributed by atoms with Crippen LogP contribution in [0.5, 0.6) is 0 Å². The van der Waals surface area contributed by atoms with E-state index in [0.29, 0.717) is 0 Å². The predicted octanol–water partition coefficient (Wildman–Crippen LogP) is 0.713. The second kappa shape index (κ2) is 3.41. The maximum Gasteiger partial charge on any atom is 0.296 e. The second-order valence-electron chi connectivity index (χ2n) is 3.01. The number of carbonyl (C=O) groups excluding carboxylic acids is 1. The van der Waals surface area contributed by atoms with Crippen molar-refractivity contribution >= 4 is 5.91 Å². The van der Waals surface area contributed by atoms with Crippen LogP contribution >= 0.6 is 0 Å². The Morgan fingerprint density at radius 2 is 2.38 bits per heavy atom. The largest absolute Gasteiger partial charge is 0.360 e. The first-order chi connectivity index (χ1) is 5.94. The van der Waals surface area contributed by atoms with Crippen LogP contribution in [0.1, 0.15) is 6.92 Å². The Morgan fingerprint density at radius 1 is 1.77 bits per heavy atom. The fraction of sp³-hybridized carbons (Fsp3) is 0.625. The molecule has 0 aromatic heterocycles. The third kappa shape index (κ3) is 2.03. The van der Waals surface area contributed by atoms with E-state index in [1.807, 2.05) is 0 Å². The molecule has 1 amide bonds. The fourth-order valence-corrected chi connectivity index (χ4v) is 1.00. The van der Waals surface area contributed by atoms with E-state index < -0.39 is 12.0 Å². The Kier molecular flexibility index (Phi) is 2.66. The predicted molar refractivity (Wildman–Crippen MR) is 42.5 cm³/mol. The molecule has 5 heteroatoms. The summed E-state index contributed by atoms with van der Waals surface area (Å²) < 4.78 is 31.1. The molecule has 0 bridgehead atoms. The molecule has 1 saturated heterocycles. The number of morpholine rings is 1. The highest BCUT2D eigenvalue weighted by Gasteiger charge is 2.43. The monoisotopic (exact) mass is 191 g/mol. The van der Waals surface area contributed by atoms with Gasteiger partial charge in [0.25, 0.3) is 5.92 Å². The van der Waals surface area contributed by atoms with Crippen molar-refractivity contribution in [2.75, 3.05) is 13.2 Å². The van der Waals surface area contributed by atoms with Crippen molar-refractivity contribution in [2.45, 2.75) is 19.0 Å². The molecule has 0 aromatic carbocycles. The van der Waals surface area contributed by atoms with Gasteiger partial charge in [0, 0.05) is 0 Å². The van der Waals surface area contributed by atoms with Gasteiger partial charge in [0.05, 0.1) is 6.54 Å². The molecule has 1 aliphatic rings. The van der Waals surface area contributed by atoms with Gasteiger partial charge in [0.1, 0.15) is 12.7 Å². The molecule has 3 nitrogen and oxygen atoms in total. The summed E-state index contributed by atoms with van der Waals surface area (Å²) in [7, 11) is 0. The van der Waals surface area contributed by atoms with Crippen LogP contribution in [0.25, 0.3) is 0 Å². The number of carbonyl (C=O) groups is 1. The molecule has 1 rings (SSSR count). The summed E-state index contributed by atoms with van der Waals surface area (Å²) in [5.41, 5.74) is -0.256. The van der Waals surface area contributed by atoms with E-state index in [2.05, 4.69) is 11.9 Å². The van der Waals surface area contributed by atoms with Gasteiger partial charge in [0.15, 0.2) is 0 Å². The van der Waals surface area contributed by atoms with Crippen molar-refractivity contribution < 1.29 is 18.3 Å². The van der Waals surface area contributed by atoms with Crippen LogP contribution in [0.2, 0.25) is 0 Å².